The van der Waals surface area contributed by atoms with E-state index >= 15 is 0 Å². The highest BCUT2D eigenvalue weighted by Gasteiger charge is 2.01. The molecule has 1 atom stereocenters. The molecule has 1 heterocycles. The summed E-state index contributed by atoms with van der Waals surface area (Å²) >= 11 is 0. The molecule has 0 bridgehead atoms. The van der Waals surface area contributed by atoms with Gasteiger partial charge in [-0.3, -0.25) is 4.68 Å². The van der Waals surface area contributed by atoms with Gasteiger partial charge in [-0.1, -0.05) is 6.08 Å². The third-order valence-electron chi connectivity index (χ3n) is 2.19. The second-order valence-corrected chi connectivity index (χ2v) is 3.64. The highest BCUT2D eigenvalue weighted by atomic mass is 16.3. The van der Waals surface area contributed by atoms with E-state index in [1.54, 1.807) is 4.68 Å². The van der Waals surface area contributed by atoms with Gasteiger partial charge in [0.15, 0.2) is 0 Å². The number of nitrogens with zero attached hydrogens (tertiary/aromatic N) is 2. The zero-order valence-corrected chi connectivity index (χ0v) is 9.19. The Bertz CT molecular complexity index is 296. The van der Waals surface area contributed by atoms with E-state index in [1.807, 2.05) is 18.5 Å². The van der Waals surface area contributed by atoms with Crippen molar-refractivity contribution in [1.29, 1.82) is 0 Å². The number of nitrogens with one attached hydrogen (secondary N) is 1. The lowest BCUT2D eigenvalue weighted by molar-refractivity contribution is 0.269. The molecule has 1 aromatic heterocycles. The molecule has 1 unspecified atom stereocenters. The normalized spacial score (nSPS) is 12.7. The van der Waals surface area contributed by atoms with Gasteiger partial charge in [0.2, 0.25) is 0 Å². The van der Waals surface area contributed by atoms with E-state index in [4.69, 9.17) is 5.11 Å². The van der Waals surface area contributed by atoms with Crippen LogP contribution in [0.2, 0.25) is 0 Å². The Morgan fingerprint density at radius 1 is 1.73 bits per heavy atom. The SMILES string of the molecule is C=CCC(C)NCc1cnn(CCO)c1. The minimum atomic E-state index is 0.126. The first-order valence-corrected chi connectivity index (χ1v) is 5.22. The van der Waals surface area contributed by atoms with Crippen molar-refractivity contribution in [3.8, 4) is 0 Å². The van der Waals surface area contributed by atoms with Crippen molar-refractivity contribution in [3.05, 3.63) is 30.6 Å². The minimum absolute atomic E-state index is 0.126. The Kier molecular flexibility index (Phi) is 5.07. The van der Waals surface area contributed by atoms with E-state index in [9.17, 15) is 0 Å². The fraction of sp³-hybridized carbons (Fsp3) is 0.545. The fourth-order valence-corrected chi connectivity index (χ4v) is 1.35. The Morgan fingerprint density at radius 2 is 2.53 bits per heavy atom. The lowest BCUT2D eigenvalue weighted by atomic mass is 10.2. The molecular formula is C11H19N3O. The van der Waals surface area contributed by atoms with Crippen LogP contribution >= 0.6 is 0 Å². The maximum atomic E-state index is 8.73. The summed E-state index contributed by atoms with van der Waals surface area (Å²) < 4.78 is 1.75. The summed E-state index contributed by atoms with van der Waals surface area (Å²) in [7, 11) is 0. The smallest absolute Gasteiger partial charge is 0.0640 e. The predicted octanol–water partition coefficient (Wildman–Crippen LogP) is 0.930. The maximum Gasteiger partial charge on any atom is 0.0640 e. The van der Waals surface area contributed by atoms with Gasteiger partial charge >= 0.3 is 0 Å². The average molecular weight is 209 g/mol. The van der Waals surface area contributed by atoms with Gasteiger partial charge in [-0.05, 0) is 13.3 Å². The Labute approximate surface area is 90.6 Å². The van der Waals surface area contributed by atoms with Crippen molar-refractivity contribution in [2.24, 2.45) is 0 Å². The zero-order valence-electron chi connectivity index (χ0n) is 9.19. The summed E-state index contributed by atoms with van der Waals surface area (Å²) in [5.41, 5.74) is 1.14. The van der Waals surface area contributed by atoms with Crippen LogP contribution in [0.4, 0.5) is 0 Å². The second-order valence-electron chi connectivity index (χ2n) is 3.64. The topological polar surface area (TPSA) is 50.1 Å². The Morgan fingerprint density at radius 3 is 3.20 bits per heavy atom. The van der Waals surface area contributed by atoms with Crippen LogP contribution in [-0.4, -0.2) is 27.5 Å². The highest BCUT2D eigenvalue weighted by Crippen LogP contribution is 1.99. The maximum absolute atomic E-state index is 8.73. The van der Waals surface area contributed by atoms with Gasteiger partial charge in [-0.2, -0.15) is 5.10 Å². The molecule has 4 nitrogen and oxygen atoms in total. The summed E-state index contributed by atoms with van der Waals surface area (Å²) in [6.07, 6.45) is 6.64. The first kappa shape index (κ1) is 11.9. The number of aromatic nitrogens is 2. The molecule has 0 aliphatic rings. The van der Waals surface area contributed by atoms with Gasteiger partial charge in [0.05, 0.1) is 19.3 Å². The molecule has 0 saturated heterocycles. The molecule has 0 spiro atoms. The van der Waals surface area contributed by atoms with Gasteiger partial charge in [-0.25, -0.2) is 0 Å². The average Bonchev–Trinajstić information content (AvgIpc) is 2.64. The van der Waals surface area contributed by atoms with Crippen molar-refractivity contribution in [2.45, 2.75) is 32.5 Å². The molecule has 15 heavy (non-hydrogen) atoms. The number of hydrogen-bond acceptors (Lipinski definition) is 3. The van der Waals surface area contributed by atoms with Crippen LogP contribution in [0.1, 0.15) is 18.9 Å². The first-order valence-electron chi connectivity index (χ1n) is 5.22. The van der Waals surface area contributed by atoms with Crippen molar-refractivity contribution < 1.29 is 5.11 Å². The molecule has 0 fully saturated rings. The summed E-state index contributed by atoms with van der Waals surface area (Å²) in [5, 5.41) is 16.2. The van der Waals surface area contributed by atoms with Gasteiger partial charge < -0.3 is 10.4 Å². The zero-order chi connectivity index (χ0) is 11.1. The monoisotopic (exact) mass is 209 g/mol. The molecule has 4 heteroatoms. The largest absolute Gasteiger partial charge is 0.394 e. The van der Waals surface area contributed by atoms with E-state index in [0.717, 1.165) is 18.5 Å². The molecule has 0 aliphatic carbocycles. The van der Waals surface area contributed by atoms with Crippen LogP contribution < -0.4 is 5.32 Å². The minimum Gasteiger partial charge on any atom is -0.394 e. The number of rotatable bonds is 7. The molecule has 1 rings (SSSR count). The van der Waals surface area contributed by atoms with E-state index in [2.05, 4.69) is 23.9 Å². The number of aliphatic hydroxyl groups excluding tert-OH is 1. The van der Waals surface area contributed by atoms with Crippen LogP contribution in [0.15, 0.2) is 25.0 Å². The number of hydrogen-bond donors (Lipinski definition) is 2. The molecule has 0 saturated carbocycles. The van der Waals surface area contributed by atoms with Gasteiger partial charge in [0, 0.05) is 24.3 Å². The third kappa shape index (κ3) is 4.27. The summed E-state index contributed by atoms with van der Waals surface area (Å²) in [6, 6.07) is 0.434. The number of aliphatic hydroxyl groups is 1. The van der Waals surface area contributed by atoms with E-state index in [-0.39, 0.29) is 6.61 Å². The molecule has 0 aliphatic heterocycles. The van der Waals surface area contributed by atoms with Gasteiger partial charge in [-0.15, -0.1) is 6.58 Å². The standard InChI is InChI=1S/C11H19N3O/c1-3-4-10(2)12-7-11-8-13-14(9-11)5-6-15/h3,8-10,12,15H,1,4-7H2,2H3. The van der Waals surface area contributed by atoms with Crippen LogP contribution in [-0.2, 0) is 13.1 Å². The molecule has 0 aromatic carbocycles. The molecular weight excluding hydrogens is 190 g/mol. The second kappa shape index (κ2) is 6.37. The molecule has 0 radical (unpaired) electrons. The third-order valence-corrected chi connectivity index (χ3v) is 2.19. The van der Waals surface area contributed by atoms with Crippen LogP contribution in [0.5, 0.6) is 0 Å². The van der Waals surface area contributed by atoms with Crippen molar-refractivity contribution in [3.63, 3.8) is 0 Å². The molecule has 1 aromatic rings. The van der Waals surface area contributed by atoms with E-state index in [1.165, 1.54) is 0 Å². The summed E-state index contributed by atoms with van der Waals surface area (Å²) in [5.74, 6) is 0. The lowest BCUT2D eigenvalue weighted by Crippen LogP contribution is -2.24. The van der Waals surface area contributed by atoms with Crippen LogP contribution in [0.25, 0.3) is 0 Å². The molecule has 84 valence electrons. The first-order chi connectivity index (χ1) is 7.26. The highest BCUT2D eigenvalue weighted by molar-refractivity contribution is 5.03. The van der Waals surface area contributed by atoms with Crippen molar-refractivity contribution in [2.75, 3.05) is 6.61 Å². The van der Waals surface area contributed by atoms with Crippen molar-refractivity contribution in [1.82, 2.24) is 15.1 Å². The van der Waals surface area contributed by atoms with Gasteiger partial charge in [0.25, 0.3) is 0 Å². The Balaban J connectivity index is 2.33. The Hall–Kier alpha value is -1.13. The fourth-order valence-electron chi connectivity index (χ4n) is 1.35. The van der Waals surface area contributed by atoms with Crippen LogP contribution in [0, 0.1) is 0 Å². The summed E-state index contributed by atoms with van der Waals surface area (Å²) in [6.45, 7) is 7.31. The van der Waals surface area contributed by atoms with E-state index < -0.39 is 0 Å². The molecule has 0 amide bonds. The van der Waals surface area contributed by atoms with Crippen molar-refractivity contribution >= 4 is 0 Å². The van der Waals surface area contributed by atoms with E-state index in [0.29, 0.717) is 12.6 Å². The lowest BCUT2D eigenvalue weighted by Gasteiger charge is -2.09. The predicted molar refractivity (Wildman–Crippen MR) is 60.4 cm³/mol. The van der Waals surface area contributed by atoms with Gasteiger partial charge in [0.1, 0.15) is 0 Å². The molecule has 2 N–H and O–H groups in total. The van der Waals surface area contributed by atoms with Crippen LogP contribution in [0.3, 0.4) is 0 Å². The summed E-state index contributed by atoms with van der Waals surface area (Å²) in [4.78, 5) is 0. The quantitative estimate of drug-likeness (QED) is 0.657.